The van der Waals surface area contributed by atoms with Crippen molar-refractivity contribution in [1.29, 1.82) is 0 Å². The SMILES string of the molecule is CCOc1ccc(C(=O)O)cc1/C=C1\C(=O)NC(=O)N(c2ccccc2Cl)C1=O. The summed E-state index contributed by atoms with van der Waals surface area (Å²) < 4.78 is 5.45. The lowest BCUT2D eigenvalue weighted by Crippen LogP contribution is -2.54. The lowest BCUT2D eigenvalue weighted by atomic mass is 10.0. The van der Waals surface area contributed by atoms with Crippen LogP contribution in [0.1, 0.15) is 22.8 Å². The predicted molar refractivity (Wildman–Crippen MR) is 105 cm³/mol. The molecule has 1 saturated heterocycles. The molecule has 0 spiro atoms. The molecule has 4 amide bonds. The number of anilines is 1. The maximum absolute atomic E-state index is 13.0. The Kier molecular flexibility index (Phi) is 5.65. The van der Waals surface area contributed by atoms with Gasteiger partial charge < -0.3 is 9.84 Å². The van der Waals surface area contributed by atoms with Gasteiger partial charge in [-0.1, -0.05) is 23.7 Å². The predicted octanol–water partition coefficient (Wildman–Crippen LogP) is 3.10. The fraction of sp³-hybridized carbons (Fsp3) is 0.100. The summed E-state index contributed by atoms with van der Waals surface area (Å²) in [4.78, 5) is 49.6. The number of carbonyl (C=O) groups excluding carboxylic acids is 3. The largest absolute Gasteiger partial charge is 0.493 e. The van der Waals surface area contributed by atoms with E-state index in [0.29, 0.717) is 0 Å². The fourth-order valence-electron chi connectivity index (χ4n) is 2.75. The number of carboxylic acids is 1. The smallest absolute Gasteiger partial charge is 0.335 e. The molecule has 1 heterocycles. The number of rotatable bonds is 5. The number of hydrogen-bond donors (Lipinski definition) is 2. The zero-order valence-corrected chi connectivity index (χ0v) is 15.9. The van der Waals surface area contributed by atoms with E-state index in [1.54, 1.807) is 19.1 Å². The van der Waals surface area contributed by atoms with E-state index < -0.39 is 23.8 Å². The van der Waals surface area contributed by atoms with Crippen molar-refractivity contribution in [2.45, 2.75) is 6.92 Å². The number of amides is 4. The molecule has 0 bridgehead atoms. The number of imide groups is 2. The monoisotopic (exact) mass is 414 g/mol. The van der Waals surface area contributed by atoms with Gasteiger partial charge in [-0.25, -0.2) is 14.5 Å². The van der Waals surface area contributed by atoms with E-state index >= 15 is 0 Å². The highest BCUT2D eigenvalue weighted by atomic mass is 35.5. The zero-order chi connectivity index (χ0) is 21.1. The van der Waals surface area contributed by atoms with Gasteiger partial charge in [-0.3, -0.25) is 14.9 Å². The van der Waals surface area contributed by atoms with Gasteiger partial charge in [-0.2, -0.15) is 0 Å². The summed E-state index contributed by atoms with van der Waals surface area (Å²) in [5, 5.41) is 11.5. The second-order valence-electron chi connectivity index (χ2n) is 5.90. The first-order valence-electron chi connectivity index (χ1n) is 8.49. The van der Waals surface area contributed by atoms with Crippen molar-refractivity contribution < 1.29 is 29.0 Å². The van der Waals surface area contributed by atoms with Gasteiger partial charge in [0.15, 0.2) is 0 Å². The molecule has 29 heavy (non-hydrogen) atoms. The fourth-order valence-corrected chi connectivity index (χ4v) is 2.97. The van der Waals surface area contributed by atoms with Crippen LogP contribution in [-0.4, -0.2) is 35.5 Å². The Bertz CT molecular complexity index is 1060. The molecule has 0 saturated carbocycles. The molecule has 2 aromatic carbocycles. The number of ether oxygens (including phenoxy) is 1. The zero-order valence-electron chi connectivity index (χ0n) is 15.1. The maximum atomic E-state index is 13.0. The van der Waals surface area contributed by atoms with Crippen LogP contribution in [0.15, 0.2) is 48.0 Å². The summed E-state index contributed by atoms with van der Waals surface area (Å²) in [6.07, 6.45) is 1.19. The Balaban J connectivity index is 2.11. The van der Waals surface area contributed by atoms with Gasteiger partial charge in [0.1, 0.15) is 11.3 Å². The number of benzene rings is 2. The van der Waals surface area contributed by atoms with E-state index in [4.69, 9.17) is 16.3 Å². The van der Waals surface area contributed by atoms with Gasteiger partial charge in [-0.05, 0) is 43.3 Å². The number of halogens is 1. The van der Waals surface area contributed by atoms with Gasteiger partial charge in [0.25, 0.3) is 11.8 Å². The van der Waals surface area contributed by atoms with Gasteiger partial charge in [0.2, 0.25) is 0 Å². The third kappa shape index (κ3) is 3.97. The van der Waals surface area contributed by atoms with Gasteiger partial charge >= 0.3 is 12.0 Å². The topological polar surface area (TPSA) is 113 Å². The minimum atomic E-state index is -1.18. The second-order valence-corrected chi connectivity index (χ2v) is 6.31. The molecule has 0 radical (unpaired) electrons. The maximum Gasteiger partial charge on any atom is 0.335 e. The third-order valence-corrected chi connectivity index (χ3v) is 4.37. The molecule has 1 aliphatic rings. The summed E-state index contributed by atoms with van der Waals surface area (Å²) >= 11 is 6.09. The molecule has 0 aromatic heterocycles. The molecule has 0 unspecified atom stereocenters. The first kappa shape index (κ1) is 20.1. The van der Waals surface area contributed by atoms with Crippen LogP contribution >= 0.6 is 11.6 Å². The van der Waals surface area contributed by atoms with Crippen LogP contribution in [0.4, 0.5) is 10.5 Å². The van der Waals surface area contributed by atoms with Crippen LogP contribution < -0.4 is 15.0 Å². The molecule has 2 aromatic rings. The number of nitrogens with zero attached hydrogens (tertiary/aromatic N) is 1. The molecule has 1 aliphatic heterocycles. The highest BCUT2D eigenvalue weighted by Crippen LogP contribution is 2.30. The van der Waals surface area contributed by atoms with Gasteiger partial charge in [0.05, 0.1) is 22.9 Å². The molecule has 1 fully saturated rings. The number of hydrogen-bond acceptors (Lipinski definition) is 5. The minimum Gasteiger partial charge on any atom is -0.493 e. The molecule has 2 N–H and O–H groups in total. The number of nitrogens with one attached hydrogen (secondary N) is 1. The van der Waals surface area contributed by atoms with E-state index in [1.807, 2.05) is 0 Å². The van der Waals surface area contributed by atoms with E-state index in [-0.39, 0.29) is 39.8 Å². The van der Waals surface area contributed by atoms with Crippen LogP contribution in [-0.2, 0) is 9.59 Å². The van der Waals surface area contributed by atoms with E-state index in [0.717, 1.165) is 4.90 Å². The number of aromatic carboxylic acids is 1. The van der Waals surface area contributed by atoms with Crippen LogP contribution in [0.3, 0.4) is 0 Å². The quantitative estimate of drug-likeness (QED) is 0.574. The van der Waals surface area contributed by atoms with Crippen molar-refractivity contribution in [3.8, 4) is 5.75 Å². The molecular formula is C20H15ClN2O6. The van der Waals surface area contributed by atoms with Crippen molar-refractivity contribution in [1.82, 2.24) is 5.32 Å². The Morgan fingerprint density at radius 1 is 1.21 bits per heavy atom. The normalized spacial score (nSPS) is 15.4. The number of para-hydroxylation sites is 1. The van der Waals surface area contributed by atoms with Gasteiger partial charge in [-0.15, -0.1) is 0 Å². The highest BCUT2D eigenvalue weighted by molar-refractivity contribution is 6.42. The first-order chi connectivity index (χ1) is 13.8. The Labute approximate surface area is 170 Å². The molecule has 0 aliphatic carbocycles. The lowest BCUT2D eigenvalue weighted by Gasteiger charge is -2.27. The van der Waals surface area contributed by atoms with E-state index in [2.05, 4.69) is 5.32 Å². The van der Waals surface area contributed by atoms with E-state index in [1.165, 1.54) is 36.4 Å². The number of carbonyl (C=O) groups is 4. The van der Waals surface area contributed by atoms with Crippen molar-refractivity contribution in [2.24, 2.45) is 0 Å². The van der Waals surface area contributed by atoms with Crippen LogP contribution in [0.5, 0.6) is 5.75 Å². The van der Waals surface area contributed by atoms with Crippen molar-refractivity contribution in [3.05, 3.63) is 64.2 Å². The average molecular weight is 415 g/mol. The molecule has 9 heteroatoms. The minimum absolute atomic E-state index is 0.0528. The third-order valence-electron chi connectivity index (χ3n) is 4.05. The lowest BCUT2D eigenvalue weighted by molar-refractivity contribution is -0.122. The molecule has 3 rings (SSSR count). The summed E-state index contributed by atoms with van der Waals surface area (Å²) in [7, 11) is 0. The molecular weight excluding hydrogens is 400 g/mol. The van der Waals surface area contributed by atoms with Gasteiger partial charge in [0, 0.05) is 5.56 Å². The summed E-state index contributed by atoms with van der Waals surface area (Å²) in [6, 6.07) is 9.30. The highest BCUT2D eigenvalue weighted by Gasteiger charge is 2.37. The Morgan fingerprint density at radius 2 is 1.93 bits per heavy atom. The molecule has 148 valence electrons. The number of barbiturate groups is 1. The second kappa shape index (κ2) is 8.15. The van der Waals surface area contributed by atoms with Crippen molar-refractivity contribution in [2.75, 3.05) is 11.5 Å². The summed E-state index contributed by atoms with van der Waals surface area (Å²) in [5.41, 5.74) is -0.103. The van der Waals surface area contributed by atoms with Crippen molar-refractivity contribution in [3.63, 3.8) is 0 Å². The molecule has 8 nitrogen and oxygen atoms in total. The number of carboxylic acid groups (broad SMARTS) is 1. The van der Waals surface area contributed by atoms with Crippen molar-refractivity contribution >= 4 is 47.2 Å². The van der Waals surface area contributed by atoms with Crippen LogP contribution in [0.2, 0.25) is 5.02 Å². The summed E-state index contributed by atoms with van der Waals surface area (Å²) in [5.74, 6) is -2.70. The average Bonchev–Trinajstić information content (AvgIpc) is 2.67. The standard InChI is InChI=1S/C20H15ClN2O6/c1-2-29-16-8-7-11(19(26)27)9-12(16)10-13-17(24)22-20(28)23(18(13)25)15-6-4-3-5-14(15)21/h3-10H,2H2,1H3,(H,26,27)(H,22,24,28)/b13-10+. The number of urea groups is 1. The first-order valence-corrected chi connectivity index (χ1v) is 8.87. The summed E-state index contributed by atoms with van der Waals surface area (Å²) in [6.45, 7) is 2.02. The molecule has 0 atom stereocenters. The van der Waals surface area contributed by atoms with Crippen LogP contribution in [0.25, 0.3) is 6.08 Å². The Morgan fingerprint density at radius 3 is 2.59 bits per heavy atom. The Hall–Kier alpha value is -3.65. The van der Waals surface area contributed by atoms with E-state index in [9.17, 15) is 24.3 Å². The van der Waals surface area contributed by atoms with Crippen LogP contribution in [0, 0.1) is 0 Å².